The minimum atomic E-state index is 0.538. The maximum Gasteiger partial charge on any atom is 0.120 e. The van der Waals surface area contributed by atoms with E-state index in [0.29, 0.717) is 5.92 Å². The Morgan fingerprint density at radius 2 is 1.73 bits per heavy atom. The minimum Gasteiger partial charge on any atom is -0.493 e. The fourth-order valence-corrected chi connectivity index (χ4v) is 4.81. The van der Waals surface area contributed by atoms with Crippen molar-refractivity contribution in [2.45, 2.75) is 36.5 Å². The van der Waals surface area contributed by atoms with Crippen LogP contribution in [-0.2, 0) is 0 Å². The summed E-state index contributed by atoms with van der Waals surface area (Å²) >= 11 is 1.87. The van der Waals surface area contributed by atoms with Gasteiger partial charge in [-0.3, -0.25) is 0 Å². The third-order valence-corrected chi connectivity index (χ3v) is 6.26. The molecule has 26 heavy (non-hydrogen) atoms. The first-order valence-corrected chi connectivity index (χ1v) is 10.4. The fourth-order valence-electron chi connectivity index (χ4n) is 3.69. The molecule has 0 radical (unpaired) electrons. The van der Waals surface area contributed by atoms with Gasteiger partial charge in [0.1, 0.15) is 5.75 Å². The standard InChI is InChI=1S/C23H27NOS/c1-16(2)15-25-18-8-9-20-22(14-18)26-21-7-5-4-6-19(21)23(20)17-10-12-24(3)13-11-17/h4-9,14,16H,10-13,15H2,1-3H3. The molecule has 0 saturated carbocycles. The van der Waals surface area contributed by atoms with Crippen LogP contribution in [0.4, 0.5) is 0 Å². The van der Waals surface area contributed by atoms with Crippen molar-refractivity contribution in [3.8, 4) is 5.75 Å². The zero-order valence-corrected chi connectivity index (χ0v) is 16.7. The fraction of sp³-hybridized carbons (Fsp3) is 0.391. The number of fused-ring (bicyclic) bond motifs is 2. The zero-order chi connectivity index (χ0) is 18.1. The van der Waals surface area contributed by atoms with E-state index in [-0.39, 0.29) is 0 Å². The van der Waals surface area contributed by atoms with Crippen molar-refractivity contribution in [1.82, 2.24) is 4.90 Å². The van der Waals surface area contributed by atoms with E-state index in [1.807, 2.05) is 11.8 Å². The summed E-state index contributed by atoms with van der Waals surface area (Å²) in [6, 6.07) is 15.5. The van der Waals surface area contributed by atoms with Gasteiger partial charge in [0.15, 0.2) is 0 Å². The normalized spacial score (nSPS) is 17.2. The van der Waals surface area contributed by atoms with Crippen LogP contribution in [0.2, 0.25) is 0 Å². The van der Waals surface area contributed by atoms with Crippen molar-refractivity contribution >= 4 is 17.3 Å². The van der Waals surface area contributed by atoms with Gasteiger partial charge >= 0.3 is 0 Å². The van der Waals surface area contributed by atoms with E-state index in [4.69, 9.17) is 4.74 Å². The van der Waals surface area contributed by atoms with Crippen molar-refractivity contribution in [2.24, 2.45) is 5.92 Å². The van der Waals surface area contributed by atoms with Crippen molar-refractivity contribution in [1.29, 1.82) is 0 Å². The highest BCUT2D eigenvalue weighted by atomic mass is 32.2. The van der Waals surface area contributed by atoms with Crippen LogP contribution < -0.4 is 4.74 Å². The Labute approximate surface area is 161 Å². The van der Waals surface area contributed by atoms with Crippen LogP contribution in [0, 0.1) is 5.92 Å². The number of rotatable bonds is 3. The maximum atomic E-state index is 5.98. The molecule has 0 amide bonds. The molecule has 3 heteroatoms. The van der Waals surface area contributed by atoms with E-state index in [0.717, 1.165) is 38.3 Å². The Kier molecular flexibility index (Phi) is 5.10. The predicted octanol–water partition coefficient (Wildman–Crippen LogP) is 5.71. The van der Waals surface area contributed by atoms with E-state index < -0.39 is 0 Å². The molecular formula is C23H27NOS. The summed E-state index contributed by atoms with van der Waals surface area (Å²) in [6.45, 7) is 7.44. The number of hydrogen-bond donors (Lipinski definition) is 0. The summed E-state index contributed by atoms with van der Waals surface area (Å²) in [6.07, 6.45) is 2.33. The molecule has 2 heterocycles. The number of nitrogens with zero attached hydrogens (tertiary/aromatic N) is 1. The summed E-state index contributed by atoms with van der Waals surface area (Å²) in [5, 5.41) is 0. The van der Waals surface area contributed by atoms with Gasteiger partial charge in [-0.05, 0) is 66.8 Å². The first kappa shape index (κ1) is 17.7. The molecular weight excluding hydrogens is 338 g/mol. The van der Waals surface area contributed by atoms with Gasteiger partial charge in [-0.2, -0.15) is 0 Å². The Morgan fingerprint density at radius 3 is 2.50 bits per heavy atom. The van der Waals surface area contributed by atoms with Crippen molar-refractivity contribution in [3.05, 3.63) is 59.2 Å². The third kappa shape index (κ3) is 3.56. The summed E-state index contributed by atoms with van der Waals surface area (Å²) in [7, 11) is 2.22. The van der Waals surface area contributed by atoms with Crippen LogP contribution in [0.3, 0.4) is 0 Å². The Balaban J connectivity index is 1.77. The Hall–Kier alpha value is -1.71. The van der Waals surface area contributed by atoms with Crippen LogP contribution in [-0.4, -0.2) is 31.6 Å². The van der Waals surface area contributed by atoms with Crippen LogP contribution >= 0.6 is 11.8 Å². The molecule has 0 aromatic heterocycles. The molecule has 0 N–H and O–H groups in total. The highest BCUT2D eigenvalue weighted by molar-refractivity contribution is 7.99. The first-order valence-electron chi connectivity index (χ1n) is 9.57. The molecule has 2 aromatic rings. The monoisotopic (exact) mass is 365 g/mol. The highest BCUT2D eigenvalue weighted by Crippen LogP contribution is 2.48. The van der Waals surface area contributed by atoms with Crippen molar-refractivity contribution in [2.75, 3.05) is 26.7 Å². The van der Waals surface area contributed by atoms with Gasteiger partial charge in [0.05, 0.1) is 6.61 Å². The molecule has 1 fully saturated rings. The van der Waals surface area contributed by atoms with E-state index in [9.17, 15) is 0 Å². The van der Waals surface area contributed by atoms with Crippen LogP contribution in [0.25, 0.3) is 5.57 Å². The summed E-state index contributed by atoms with van der Waals surface area (Å²) in [5.41, 5.74) is 5.86. The lowest BCUT2D eigenvalue weighted by molar-refractivity contribution is 0.270. The van der Waals surface area contributed by atoms with Gasteiger partial charge in [-0.1, -0.05) is 49.4 Å². The Morgan fingerprint density at radius 1 is 1.00 bits per heavy atom. The van der Waals surface area contributed by atoms with E-state index in [1.54, 1.807) is 5.57 Å². The van der Waals surface area contributed by atoms with E-state index >= 15 is 0 Å². The molecule has 2 aliphatic rings. The SMILES string of the molecule is CC(C)COc1ccc2c(c1)Sc1ccccc1C2=C1CCN(C)CC1. The Bertz CT molecular complexity index is 830. The van der Waals surface area contributed by atoms with Gasteiger partial charge in [-0.25, -0.2) is 0 Å². The smallest absolute Gasteiger partial charge is 0.120 e. The number of piperidine rings is 1. The van der Waals surface area contributed by atoms with Gasteiger partial charge < -0.3 is 9.64 Å². The van der Waals surface area contributed by atoms with Gasteiger partial charge in [0.2, 0.25) is 0 Å². The summed E-state index contributed by atoms with van der Waals surface area (Å²) < 4.78 is 5.98. The molecule has 4 rings (SSSR count). The second kappa shape index (κ2) is 7.50. The van der Waals surface area contributed by atoms with Crippen molar-refractivity contribution < 1.29 is 4.74 Å². The van der Waals surface area contributed by atoms with Crippen molar-refractivity contribution in [3.63, 3.8) is 0 Å². The quantitative estimate of drug-likeness (QED) is 0.589. The van der Waals surface area contributed by atoms with Gasteiger partial charge in [0.25, 0.3) is 0 Å². The second-order valence-electron chi connectivity index (χ2n) is 7.74. The number of ether oxygens (including phenoxy) is 1. The largest absolute Gasteiger partial charge is 0.493 e. The maximum absolute atomic E-state index is 5.98. The van der Waals surface area contributed by atoms with Crippen LogP contribution in [0.1, 0.15) is 37.8 Å². The summed E-state index contributed by atoms with van der Waals surface area (Å²) in [5.74, 6) is 1.52. The first-order chi connectivity index (χ1) is 12.6. The third-order valence-electron chi connectivity index (χ3n) is 5.13. The van der Waals surface area contributed by atoms with E-state index in [2.05, 4.69) is 68.3 Å². The van der Waals surface area contributed by atoms with Crippen LogP contribution in [0.5, 0.6) is 5.75 Å². The average Bonchev–Trinajstić information content (AvgIpc) is 2.65. The predicted molar refractivity (Wildman–Crippen MR) is 110 cm³/mol. The zero-order valence-electron chi connectivity index (χ0n) is 15.9. The molecule has 0 unspecified atom stereocenters. The molecule has 2 nitrogen and oxygen atoms in total. The average molecular weight is 366 g/mol. The van der Waals surface area contributed by atoms with Gasteiger partial charge in [-0.15, -0.1) is 0 Å². The molecule has 0 spiro atoms. The van der Waals surface area contributed by atoms with Crippen LogP contribution in [0.15, 0.2) is 57.8 Å². The molecule has 136 valence electrons. The second-order valence-corrected chi connectivity index (χ2v) is 8.83. The molecule has 2 aliphatic heterocycles. The number of benzene rings is 2. The highest BCUT2D eigenvalue weighted by Gasteiger charge is 2.25. The lowest BCUT2D eigenvalue weighted by atomic mass is 9.88. The van der Waals surface area contributed by atoms with Gasteiger partial charge in [0, 0.05) is 22.9 Å². The lowest BCUT2D eigenvalue weighted by Crippen LogP contribution is -2.27. The molecule has 2 aromatic carbocycles. The van der Waals surface area contributed by atoms with E-state index in [1.165, 1.54) is 26.5 Å². The molecule has 0 bridgehead atoms. The molecule has 0 atom stereocenters. The molecule has 1 saturated heterocycles. The molecule has 0 aliphatic carbocycles. The minimum absolute atomic E-state index is 0.538. The lowest BCUT2D eigenvalue weighted by Gasteiger charge is -2.30. The number of hydrogen-bond acceptors (Lipinski definition) is 3. The topological polar surface area (TPSA) is 12.5 Å². The summed E-state index contributed by atoms with van der Waals surface area (Å²) in [4.78, 5) is 5.12. The number of likely N-dealkylation sites (tertiary alicyclic amines) is 1.